The van der Waals surface area contributed by atoms with Crippen molar-refractivity contribution in [3.63, 3.8) is 0 Å². The van der Waals surface area contributed by atoms with Gasteiger partial charge in [0.1, 0.15) is 0 Å². The Morgan fingerprint density at radius 3 is 1.94 bits per heavy atom. The average molecular weight is 237 g/mol. The molecule has 1 heterocycles. The Kier molecular flexibility index (Phi) is 2.69. The molecule has 88 valence electrons. The van der Waals surface area contributed by atoms with Gasteiger partial charge in [-0.25, -0.2) is 4.98 Å². The van der Waals surface area contributed by atoms with Crippen LogP contribution in [0.1, 0.15) is 0 Å². The second kappa shape index (κ2) is 4.49. The lowest BCUT2D eigenvalue weighted by atomic mass is 10.1. The third-order valence-corrected chi connectivity index (χ3v) is 3.03. The lowest BCUT2D eigenvalue weighted by molar-refractivity contribution is 0.921. The molecule has 0 radical (unpaired) electrons. The molecule has 3 rings (SSSR count). The van der Waals surface area contributed by atoms with E-state index in [0.717, 1.165) is 17.0 Å². The first-order valence-electron chi connectivity index (χ1n) is 5.98. The van der Waals surface area contributed by atoms with Crippen molar-refractivity contribution in [2.45, 2.75) is 0 Å². The van der Waals surface area contributed by atoms with Crippen molar-refractivity contribution in [3.8, 4) is 22.5 Å². The van der Waals surface area contributed by atoms with Crippen LogP contribution in [0.2, 0.25) is 0 Å². The van der Waals surface area contributed by atoms with Gasteiger partial charge in [0.25, 0.3) is 0 Å². The van der Waals surface area contributed by atoms with Gasteiger partial charge >= 0.3 is 0 Å². The summed E-state index contributed by atoms with van der Waals surface area (Å²) in [6.45, 7) is 0. The monoisotopic (exact) mass is 237 g/mol. The van der Waals surface area contributed by atoms with Crippen LogP contribution in [-0.2, 0) is 7.05 Å². The van der Waals surface area contributed by atoms with Crippen molar-refractivity contribution in [1.82, 2.24) is 9.55 Å². The van der Waals surface area contributed by atoms with E-state index in [1.165, 1.54) is 5.56 Å². The summed E-state index contributed by atoms with van der Waals surface area (Å²) in [7, 11) is 2.03. The van der Waals surface area contributed by atoms with Crippen molar-refractivity contribution >= 4 is 0 Å². The minimum Gasteiger partial charge on any atom is -0.333 e. The van der Waals surface area contributed by atoms with Gasteiger partial charge in [-0.05, 0) is 0 Å². The smallest absolute Gasteiger partial charge is 0.0963 e. The summed E-state index contributed by atoms with van der Waals surface area (Å²) < 4.78 is 2.07. The van der Waals surface area contributed by atoms with Gasteiger partial charge in [-0.2, -0.15) is 0 Å². The van der Waals surface area contributed by atoms with E-state index < -0.39 is 0 Å². The van der Waals surface area contributed by atoms with E-state index in [9.17, 15) is 0 Å². The number of hydrogen-bond acceptors (Lipinski definition) is 1. The van der Waals surface area contributed by atoms with Gasteiger partial charge in [-0.3, -0.25) is 0 Å². The predicted octanol–water partition coefficient (Wildman–Crippen LogP) is 3.75. The zero-order valence-corrected chi connectivity index (χ0v) is 10.2. The lowest BCUT2D eigenvalue weighted by Gasteiger charge is -2.06. The van der Waals surface area contributed by atoms with E-state index in [0.29, 0.717) is 0 Å². The molecule has 0 atom stereocenters. The fourth-order valence-electron chi connectivity index (χ4n) is 2.17. The molecule has 1 aromatic heterocycles. The summed E-state index contributed by atoms with van der Waals surface area (Å²) in [5, 5.41) is 0. The summed E-state index contributed by atoms with van der Waals surface area (Å²) in [6, 6.07) is 20.7. The van der Waals surface area contributed by atoms with Crippen molar-refractivity contribution in [2.24, 2.45) is 7.05 Å². The number of hydrogen-bond donors (Lipinski definition) is 0. The van der Waals surface area contributed by atoms with Crippen molar-refractivity contribution in [2.75, 3.05) is 0 Å². The highest BCUT2D eigenvalue weighted by atomic mass is 15.9. The molecule has 0 bridgehead atoms. The minimum atomic E-state index is 1.03. The highest BCUT2D eigenvalue weighted by Crippen LogP contribution is 2.30. The van der Waals surface area contributed by atoms with Crippen LogP contribution in [0.25, 0.3) is 22.5 Å². The fraction of sp³-hybridized carbons (Fsp3) is 0.0625. The molecule has 3 aromatic rings. The maximum Gasteiger partial charge on any atom is 0.0963 e. The summed E-state index contributed by atoms with van der Waals surface area (Å²) in [5.41, 5.74) is 4.53. The van der Waals surface area contributed by atoms with Crippen LogP contribution in [-0.4, -0.2) is 9.55 Å². The molecule has 2 aromatic carbocycles. The van der Waals surface area contributed by atoms with Crippen LogP contribution in [0, 0.1) is 0 Å². The van der Waals surface area contributed by atoms with E-state index in [4.69, 9.17) is 0 Å². The molecule has 2 nitrogen and oxygen atoms in total. The Bertz CT molecular complexity index is 639. The first-order chi connectivity index (χ1) is 8.86. The molecular weight excluding hydrogens is 223 g/mol. The zero-order chi connectivity index (χ0) is 12.4. The van der Waals surface area contributed by atoms with Crippen LogP contribution < -0.4 is 0 Å². The van der Waals surface area contributed by atoms with Crippen LogP contribution in [0.3, 0.4) is 0 Å². The molecule has 0 saturated heterocycles. The lowest BCUT2D eigenvalue weighted by Crippen LogP contribution is -1.91. The summed E-state index contributed by atoms with van der Waals surface area (Å²) in [6.07, 6.45) is 1.87. The van der Waals surface area contributed by atoms with Gasteiger partial charge in [-0.15, -0.1) is 0 Å². The third kappa shape index (κ3) is 1.82. The summed E-state index contributed by atoms with van der Waals surface area (Å²) >= 11 is 0. The number of benzene rings is 2. The molecule has 18 heavy (non-hydrogen) atoms. The standard InChI is InChI=1S/C16H14N2/c1-18-12-17-15(13-8-4-2-5-9-13)16(18)14-10-6-3-7-11-14/h2-12H,1H3/i12+1,17+1,18+1. The molecule has 0 fully saturated rings. The Balaban J connectivity index is 2.19. The van der Waals surface area contributed by atoms with Gasteiger partial charge in [0.2, 0.25) is 0 Å². The van der Waals surface area contributed by atoms with Gasteiger partial charge in [0.15, 0.2) is 0 Å². The highest BCUT2D eigenvalue weighted by Gasteiger charge is 2.12. The van der Waals surface area contributed by atoms with E-state index in [1.807, 2.05) is 37.6 Å². The van der Waals surface area contributed by atoms with Crippen LogP contribution in [0.5, 0.6) is 0 Å². The fourth-order valence-corrected chi connectivity index (χ4v) is 2.17. The molecule has 0 aliphatic carbocycles. The predicted molar refractivity (Wildman–Crippen MR) is 74.1 cm³/mol. The molecule has 0 amide bonds. The van der Waals surface area contributed by atoms with Gasteiger partial charge in [-0.1, -0.05) is 60.7 Å². The minimum absolute atomic E-state index is 1.03. The van der Waals surface area contributed by atoms with Gasteiger partial charge in [0, 0.05) is 18.2 Å². The van der Waals surface area contributed by atoms with Gasteiger partial charge < -0.3 is 4.57 Å². The summed E-state index contributed by atoms with van der Waals surface area (Å²) in [4.78, 5) is 4.53. The molecule has 0 saturated carbocycles. The van der Waals surface area contributed by atoms with Crippen molar-refractivity contribution in [1.29, 1.82) is 0 Å². The quantitative estimate of drug-likeness (QED) is 0.663. The van der Waals surface area contributed by atoms with Crippen LogP contribution in [0.4, 0.5) is 0 Å². The van der Waals surface area contributed by atoms with E-state index in [-0.39, 0.29) is 0 Å². The number of nitrogens with zero attached hydrogens (tertiary/aromatic N) is 2. The second-order valence-corrected chi connectivity index (χ2v) is 4.28. The molecule has 0 N–H and O–H groups in total. The molecule has 0 aliphatic rings. The number of aryl methyl sites for hydroxylation is 1. The van der Waals surface area contributed by atoms with Crippen molar-refractivity contribution < 1.29 is 0 Å². The Morgan fingerprint density at radius 1 is 0.778 bits per heavy atom. The van der Waals surface area contributed by atoms with Crippen molar-refractivity contribution in [3.05, 3.63) is 67.0 Å². The van der Waals surface area contributed by atoms with E-state index >= 15 is 0 Å². The normalized spacial score (nSPS) is 10.5. The van der Waals surface area contributed by atoms with E-state index in [2.05, 4.69) is 45.9 Å². The number of aromatic nitrogens is 2. The Labute approximate surface area is 107 Å². The molecule has 0 spiro atoms. The first-order valence-corrected chi connectivity index (χ1v) is 5.98. The maximum absolute atomic E-state index is 4.53. The maximum atomic E-state index is 4.53. The van der Waals surface area contributed by atoms with Crippen LogP contribution in [0.15, 0.2) is 67.0 Å². The Hall–Kier alpha value is -2.35. The van der Waals surface area contributed by atoms with Gasteiger partial charge in [0.05, 0.1) is 17.7 Å². The molecular formula is C16H14N2. The molecule has 0 unspecified atom stereocenters. The topological polar surface area (TPSA) is 17.8 Å². The summed E-state index contributed by atoms with van der Waals surface area (Å²) in [5.74, 6) is 0. The largest absolute Gasteiger partial charge is 0.333 e. The SMILES string of the molecule is C[15n]1[13cH][15n]c(-c2ccccc2)c1-c1ccccc1. The zero-order valence-electron chi connectivity index (χ0n) is 10.2. The molecule has 2 heteroatoms. The third-order valence-electron chi connectivity index (χ3n) is 3.03. The molecule has 0 aliphatic heterocycles. The number of rotatable bonds is 2. The van der Waals surface area contributed by atoms with E-state index in [1.54, 1.807) is 0 Å². The number of imidazole rings is 1. The Morgan fingerprint density at radius 2 is 1.33 bits per heavy atom. The highest BCUT2D eigenvalue weighted by molar-refractivity contribution is 5.78. The second-order valence-electron chi connectivity index (χ2n) is 4.28. The first kappa shape index (κ1) is 10.8. The van der Waals surface area contributed by atoms with Crippen LogP contribution >= 0.6 is 0 Å². The average Bonchev–Trinajstić information content (AvgIpc) is 2.83.